The van der Waals surface area contributed by atoms with Crippen molar-refractivity contribution in [3.63, 3.8) is 0 Å². The summed E-state index contributed by atoms with van der Waals surface area (Å²) in [7, 11) is 0. The van der Waals surface area contributed by atoms with Crippen LogP contribution in [0.5, 0.6) is 0 Å². The average Bonchev–Trinajstić information content (AvgIpc) is 2.44. The molecule has 1 rings (SSSR count). The highest BCUT2D eigenvalue weighted by Crippen LogP contribution is 2.21. The van der Waals surface area contributed by atoms with E-state index in [9.17, 15) is 0 Å². The molecule has 0 radical (unpaired) electrons. The van der Waals surface area contributed by atoms with Gasteiger partial charge in [0.25, 0.3) is 0 Å². The van der Waals surface area contributed by atoms with Crippen LogP contribution in [0, 0.1) is 0 Å². The second kappa shape index (κ2) is 11.4. The number of hydrogen-bond acceptors (Lipinski definition) is 2. The van der Waals surface area contributed by atoms with Crippen molar-refractivity contribution in [2.45, 2.75) is 32.1 Å². The van der Waals surface area contributed by atoms with Gasteiger partial charge in [-0.3, -0.25) is 4.99 Å². The highest BCUT2D eigenvalue weighted by Gasteiger charge is 2.10. The van der Waals surface area contributed by atoms with Gasteiger partial charge in [-0.1, -0.05) is 36.7 Å². The summed E-state index contributed by atoms with van der Waals surface area (Å²) in [5.41, 5.74) is 1.08. The molecule has 0 aliphatic heterocycles. The Morgan fingerprint density at radius 3 is 2.57 bits per heavy atom. The quantitative estimate of drug-likeness (QED) is 0.392. The molecule has 0 aromatic heterocycles. The molecule has 2 N–H and O–H groups in total. The molecule has 0 saturated heterocycles. The Kier molecular flexibility index (Phi) is 11.4. The molecule has 2 unspecified atom stereocenters. The van der Waals surface area contributed by atoms with Crippen LogP contribution >= 0.6 is 47.3 Å². The van der Waals surface area contributed by atoms with Crippen molar-refractivity contribution in [1.29, 1.82) is 0 Å². The lowest BCUT2D eigenvalue weighted by molar-refractivity contribution is 0.686. The summed E-state index contributed by atoms with van der Waals surface area (Å²) in [6, 6.07) is 8.01. The molecule has 0 saturated carbocycles. The summed E-state index contributed by atoms with van der Waals surface area (Å²) in [4.78, 5) is 4.61. The lowest BCUT2D eigenvalue weighted by atomic mass is 10.1. The fourth-order valence-corrected chi connectivity index (χ4v) is 2.25. The molecule has 1 aromatic rings. The predicted octanol–water partition coefficient (Wildman–Crippen LogP) is 4.33. The summed E-state index contributed by atoms with van der Waals surface area (Å²) in [5.74, 6) is 0.834. The zero-order valence-electron chi connectivity index (χ0n) is 13.0. The van der Waals surface area contributed by atoms with Gasteiger partial charge in [0.2, 0.25) is 0 Å². The minimum atomic E-state index is 0. The molecule has 0 aliphatic rings. The van der Waals surface area contributed by atoms with Gasteiger partial charge in [0.15, 0.2) is 5.96 Å². The van der Waals surface area contributed by atoms with Gasteiger partial charge in [0, 0.05) is 16.8 Å². The summed E-state index contributed by atoms with van der Waals surface area (Å²) in [6.45, 7) is 7.97. The maximum atomic E-state index is 6.23. The van der Waals surface area contributed by atoms with Crippen molar-refractivity contribution >= 4 is 53.3 Å². The number of halogens is 2. The third-order valence-electron chi connectivity index (χ3n) is 2.98. The van der Waals surface area contributed by atoms with E-state index in [0.717, 1.165) is 29.6 Å². The first-order chi connectivity index (χ1) is 9.58. The Bertz CT molecular complexity index is 443. The first kappa shape index (κ1) is 20.9. The molecule has 6 heteroatoms. The topological polar surface area (TPSA) is 36.4 Å². The number of aliphatic imine (C=N–C) groups is 1. The van der Waals surface area contributed by atoms with Crippen LogP contribution in [0.2, 0.25) is 5.02 Å². The summed E-state index contributed by atoms with van der Waals surface area (Å²) >= 11 is 8.04. The second-order valence-corrected chi connectivity index (χ2v) is 6.34. The van der Waals surface area contributed by atoms with Crippen LogP contribution in [-0.4, -0.2) is 30.6 Å². The average molecular weight is 442 g/mol. The Labute approximate surface area is 154 Å². The summed E-state index contributed by atoms with van der Waals surface area (Å²) in [5, 5.41) is 7.96. The third-order valence-corrected chi connectivity index (χ3v) is 4.28. The van der Waals surface area contributed by atoms with Gasteiger partial charge in [0.05, 0.1) is 12.6 Å². The standard InChI is InChI=1S/C15H24ClN3S.HI/c1-5-17-15(18-10-11(2)20-4)19-12(3)13-8-6-7-9-14(13)16;/h6-9,11-12H,5,10H2,1-4H3,(H2,17,18,19);1H. The molecular formula is C15H25ClIN3S. The van der Waals surface area contributed by atoms with Crippen LogP contribution in [0.4, 0.5) is 0 Å². The van der Waals surface area contributed by atoms with Crippen LogP contribution in [0.3, 0.4) is 0 Å². The number of thioether (sulfide) groups is 1. The van der Waals surface area contributed by atoms with E-state index in [1.807, 2.05) is 36.0 Å². The molecule has 120 valence electrons. The highest BCUT2D eigenvalue weighted by atomic mass is 127. The third kappa shape index (κ3) is 7.61. The van der Waals surface area contributed by atoms with Gasteiger partial charge in [0.1, 0.15) is 0 Å². The molecule has 0 heterocycles. The van der Waals surface area contributed by atoms with Crippen LogP contribution in [-0.2, 0) is 0 Å². The number of nitrogens with one attached hydrogen (secondary N) is 2. The lowest BCUT2D eigenvalue weighted by Gasteiger charge is -2.19. The lowest BCUT2D eigenvalue weighted by Crippen LogP contribution is -2.39. The number of guanidine groups is 1. The Morgan fingerprint density at radius 1 is 1.33 bits per heavy atom. The molecule has 1 aromatic carbocycles. The van der Waals surface area contributed by atoms with E-state index in [0.29, 0.717) is 5.25 Å². The maximum absolute atomic E-state index is 6.23. The molecule has 0 bridgehead atoms. The fourth-order valence-electron chi connectivity index (χ4n) is 1.72. The van der Waals surface area contributed by atoms with Gasteiger partial charge in [-0.2, -0.15) is 11.8 Å². The zero-order chi connectivity index (χ0) is 15.0. The summed E-state index contributed by atoms with van der Waals surface area (Å²) in [6.07, 6.45) is 2.10. The SMILES string of the molecule is CCNC(=NCC(C)SC)NC(C)c1ccccc1Cl.I. The molecule has 3 nitrogen and oxygen atoms in total. The molecule has 2 atom stereocenters. The van der Waals surface area contributed by atoms with Crippen LogP contribution in [0.15, 0.2) is 29.3 Å². The second-order valence-electron chi connectivity index (χ2n) is 4.65. The first-order valence-electron chi connectivity index (χ1n) is 6.90. The molecule has 21 heavy (non-hydrogen) atoms. The van der Waals surface area contributed by atoms with Crippen molar-refractivity contribution in [2.24, 2.45) is 4.99 Å². The summed E-state index contributed by atoms with van der Waals surface area (Å²) < 4.78 is 0. The van der Waals surface area contributed by atoms with Crippen molar-refractivity contribution < 1.29 is 0 Å². The van der Waals surface area contributed by atoms with Gasteiger partial charge in [-0.25, -0.2) is 0 Å². The number of hydrogen-bond donors (Lipinski definition) is 2. The fraction of sp³-hybridized carbons (Fsp3) is 0.533. The van der Waals surface area contributed by atoms with Crippen molar-refractivity contribution in [3.8, 4) is 0 Å². The largest absolute Gasteiger partial charge is 0.357 e. The normalized spacial score (nSPS) is 14.0. The monoisotopic (exact) mass is 441 g/mol. The molecule has 0 fully saturated rings. The van der Waals surface area contributed by atoms with Crippen molar-refractivity contribution in [2.75, 3.05) is 19.3 Å². The van der Waals surface area contributed by atoms with Gasteiger partial charge >= 0.3 is 0 Å². The van der Waals surface area contributed by atoms with Gasteiger partial charge < -0.3 is 10.6 Å². The van der Waals surface area contributed by atoms with E-state index >= 15 is 0 Å². The minimum absolute atomic E-state index is 0. The zero-order valence-corrected chi connectivity index (χ0v) is 16.9. The Hall–Kier alpha value is -0.140. The van der Waals surface area contributed by atoms with E-state index in [4.69, 9.17) is 11.6 Å². The van der Waals surface area contributed by atoms with Gasteiger partial charge in [-0.05, 0) is 31.7 Å². The highest BCUT2D eigenvalue weighted by molar-refractivity contribution is 14.0. The van der Waals surface area contributed by atoms with E-state index in [2.05, 4.69) is 42.7 Å². The van der Waals surface area contributed by atoms with Gasteiger partial charge in [-0.15, -0.1) is 24.0 Å². The van der Waals surface area contributed by atoms with Crippen molar-refractivity contribution in [1.82, 2.24) is 10.6 Å². The minimum Gasteiger partial charge on any atom is -0.357 e. The van der Waals surface area contributed by atoms with E-state index < -0.39 is 0 Å². The van der Waals surface area contributed by atoms with Crippen molar-refractivity contribution in [3.05, 3.63) is 34.9 Å². The molecule has 0 aliphatic carbocycles. The number of rotatable bonds is 6. The van der Waals surface area contributed by atoms with E-state index in [-0.39, 0.29) is 30.0 Å². The molecule has 0 amide bonds. The van der Waals surface area contributed by atoms with Crippen LogP contribution in [0.1, 0.15) is 32.4 Å². The molecule has 0 spiro atoms. The smallest absolute Gasteiger partial charge is 0.191 e. The first-order valence-corrected chi connectivity index (χ1v) is 8.57. The Morgan fingerprint density at radius 2 is 2.00 bits per heavy atom. The van der Waals surface area contributed by atoms with Crippen LogP contribution < -0.4 is 10.6 Å². The molecular weight excluding hydrogens is 417 g/mol. The van der Waals surface area contributed by atoms with Crippen LogP contribution in [0.25, 0.3) is 0 Å². The maximum Gasteiger partial charge on any atom is 0.191 e. The number of nitrogens with zero attached hydrogens (tertiary/aromatic N) is 1. The van der Waals surface area contributed by atoms with E-state index in [1.165, 1.54) is 0 Å². The van der Waals surface area contributed by atoms with E-state index in [1.54, 1.807) is 0 Å². The number of benzene rings is 1. The predicted molar refractivity (Wildman–Crippen MR) is 107 cm³/mol. The Balaban J connectivity index is 0.00000400.